The van der Waals surface area contributed by atoms with Crippen LogP contribution in [-0.4, -0.2) is 97.8 Å². The van der Waals surface area contributed by atoms with Crippen molar-refractivity contribution >= 4 is 12.0 Å². The van der Waals surface area contributed by atoms with E-state index >= 15 is 0 Å². The zero-order chi connectivity index (χ0) is 17.1. The van der Waals surface area contributed by atoms with Crippen molar-refractivity contribution in [3.63, 3.8) is 0 Å². The molecule has 2 saturated heterocycles. The third-order valence-electron chi connectivity index (χ3n) is 3.92. The van der Waals surface area contributed by atoms with Crippen LogP contribution in [0.1, 0.15) is 6.42 Å². The molecule has 2 aliphatic rings. The molecule has 12 heteroatoms. The van der Waals surface area contributed by atoms with Crippen LogP contribution >= 0.6 is 12.0 Å². The van der Waals surface area contributed by atoms with Gasteiger partial charge in [-0.05, 0) is 24.8 Å². The second-order valence-corrected chi connectivity index (χ2v) is 6.22. The van der Waals surface area contributed by atoms with E-state index in [1.165, 1.54) is 0 Å². The Kier molecular flexibility index (Phi) is 10.6. The van der Waals surface area contributed by atoms with Crippen molar-refractivity contribution in [1.29, 1.82) is 0 Å². The maximum Gasteiger partial charge on any atom is 1.00 e. The van der Waals surface area contributed by atoms with E-state index in [-0.39, 0.29) is 69.8 Å². The molecule has 136 valence electrons. The van der Waals surface area contributed by atoms with Crippen LogP contribution < -0.4 is 56.5 Å². The van der Waals surface area contributed by atoms with Crippen LogP contribution in [0.15, 0.2) is 0 Å². The molecule has 2 fully saturated rings. The first kappa shape index (κ1) is 23.6. The number of hydrogen-bond donors (Lipinski definition) is 6. The van der Waals surface area contributed by atoms with Crippen molar-refractivity contribution in [1.82, 2.24) is 0 Å². The summed E-state index contributed by atoms with van der Waals surface area (Å²) in [6, 6.07) is 0. The molecule has 0 aromatic rings. The summed E-state index contributed by atoms with van der Waals surface area (Å²) < 4.78 is 25.0. The topological polar surface area (TPSA) is 172 Å². The van der Waals surface area contributed by atoms with E-state index in [1.54, 1.807) is 0 Å². The standard InChI is InChI=1S/C12H21O10S.K/c13-2-5-8(17)9(18)11(23-19)12(21-5)22-10-4(15)1-7(16)20-6(10)3-14;/h4-15,17-19H,1-3H2;/q-1;+1/t4?,5-,6?,7+,8-,9?,10+,11?,12?;/m1./s1. The quantitative estimate of drug-likeness (QED) is 0.193. The predicted molar refractivity (Wildman–Crippen MR) is 73.0 cm³/mol. The monoisotopic (exact) mass is 396 g/mol. The van der Waals surface area contributed by atoms with Gasteiger partial charge in [0.15, 0.2) is 6.29 Å². The van der Waals surface area contributed by atoms with Crippen LogP contribution in [0.4, 0.5) is 0 Å². The van der Waals surface area contributed by atoms with Gasteiger partial charge in [0.25, 0.3) is 0 Å². The van der Waals surface area contributed by atoms with E-state index in [1.807, 2.05) is 0 Å². The van der Waals surface area contributed by atoms with Gasteiger partial charge in [-0.1, -0.05) is 0 Å². The fraction of sp³-hybridized carbons (Fsp3) is 1.00. The van der Waals surface area contributed by atoms with Crippen LogP contribution in [0.25, 0.3) is 0 Å². The number of hydrogen-bond acceptors (Lipinski definition) is 11. The van der Waals surface area contributed by atoms with Gasteiger partial charge >= 0.3 is 51.4 Å². The molecule has 5 unspecified atom stereocenters. The van der Waals surface area contributed by atoms with Crippen molar-refractivity contribution in [3.8, 4) is 0 Å². The second kappa shape index (κ2) is 10.8. The van der Waals surface area contributed by atoms with Gasteiger partial charge in [-0.3, -0.25) is 0 Å². The summed E-state index contributed by atoms with van der Waals surface area (Å²) in [7, 11) is 0. The molecule has 9 atom stereocenters. The Morgan fingerprint density at radius 3 is 2.21 bits per heavy atom. The smallest absolute Gasteiger partial charge is 0.831 e. The fourth-order valence-corrected chi connectivity index (χ4v) is 3.18. The normalized spacial score (nSPS) is 46.4. The summed E-state index contributed by atoms with van der Waals surface area (Å²) in [6.07, 6.45) is -10.6. The van der Waals surface area contributed by atoms with Gasteiger partial charge in [-0.15, -0.1) is 0 Å². The average molecular weight is 396 g/mol. The minimum atomic E-state index is -1.50. The van der Waals surface area contributed by atoms with E-state index in [0.717, 1.165) is 0 Å². The predicted octanol–water partition coefficient (Wildman–Crippen LogP) is -6.78. The summed E-state index contributed by atoms with van der Waals surface area (Å²) in [5.41, 5.74) is 0. The molecule has 0 spiro atoms. The molecule has 24 heavy (non-hydrogen) atoms. The van der Waals surface area contributed by atoms with Crippen LogP contribution in [0.2, 0.25) is 0 Å². The van der Waals surface area contributed by atoms with E-state index < -0.39 is 67.7 Å². The molecule has 2 heterocycles. The van der Waals surface area contributed by atoms with Crippen molar-refractivity contribution in [2.75, 3.05) is 13.2 Å². The molecule has 0 bridgehead atoms. The molecule has 0 saturated carbocycles. The Morgan fingerprint density at radius 2 is 1.67 bits per heavy atom. The van der Waals surface area contributed by atoms with Crippen LogP contribution in [0.5, 0.6) is 0 Å². The maximum absolute atomic E-state index is 11.3. The Balaban J connectivity index is 0.00000288. The Labute approximate surface area is 185 Å². The Bertz CT molecular complexity index is 380. The third kappa shape index (κ3) is 5.31. The minimum Gasteiger partial charge on any atom is -0.831 e. The molecule has 0 radical (unpaired) electrons. The van der Waals surface area contributed by atoms with Gasteiger partial charge in [0.2, 0.25) is 0 Å². The summed E-state index contributed by atoms with van der Waals surface area (Å²) in [6.45, 7) is -1.19. The van der Waals surface area contributed by atoms with Gasteiger partial charge in [-0.2, -0.15) is 0 Å². The number of rotatable bonds is 5. The van der Waals surface area contributed by atoms with Gasteiger partial charge in [0.1, 0.15) is 35.8 Å². The first-order chi connectivity index (χ1) is 10.9. The third-order valence-corrected chi connectivity index (χ3v) is 4.67. The van der Waals surface area contributed by atoms with Crippen molar-refractivity contribution < 1.29 is 101 Å². The number of aliphatic hydroxyl groups excluding tert-OH is 5. The Morgan fingerprint density at radius 1 is 1.04 bits per heavy atom. The summed E-state index contributed by atoms with van der Waals surface area (Å²) in [5.74, 6) is 0. The Hall–Kier alpha value is 1.59. The summed E-state index contributed by atoms with van der Waals surface area (Å²) in [5, 5.41) is 58.4. The zero-order valence-electron chi connectivity index (χ0n) is 13.0. The molecule has 6 N–H and O–H groups in total. The van der Waals surface area contributed by atoms with Crippen LogP contribution in [0.3, 0.4) is 0 Å². The second-order valence-electron chi connectivity index (χ2n) is 5.47. The van der Waals surface area contributed by atoms with Crippen molar-refractivity contribution in [2.45, 2.75) is 60.9 Å². The SMILES string of the molecule is [K+].[O-][C@@H]1CC(O)[C@H](OC2O[C@H](CO)[C@@H](O)C(O)C2SO)C(CO)O1. The van der Waals surface area contributed by atoms with E-state index in [4.69, 9.17) is 14.2 Å². The molecule has 10 nitrogen and oxygen atoms in total. The molecule has 0 amide bonds. The van der Waals surface area contributed by atoms with E-state index in [0.29, 0.717) is 0 Å². The van der Waals surface area contributed by atoms with Crippen LogP contribution in [0, 0.1) is 0 Å². The molecule has 2 aliphatic heterocycles. The van der Waals surface area contributed by atoms with Gasteiger partial charge in [0.05, 0.1) is 19.3 Å². The largest absolute Gasteiger partial charge is 1.00 e. The van der Waals surface area contributed by atoms with E-state index in [2.05, 4.69) is 0 Å². The maximum atomic E-state index is 11.3. The summed E-state index contributed by atoms with van der Waals surface area (Å²) >= 11 is 0.189. The summed E-state index contributed by atoms with van der Waals surface area (Å²) in [4.78, 5) is 0. The average Bonchev–Trinajstić information content (AvgIpc) is 2.52. The van der Waals surface area contributed by atoms with Crippen molar-refractivity contribution in [3.05, 3.63) is 0 Å². The fourth-order valence-electron chi connectivity index (χ4n) is 2.67. The molecule has 0 aliphatic carbocycles. The van der Waals surface area contributed by atoms with E-state index in [9.17, 15) is 35.2 Å². The first-order valence-corrected chi connectivity index (χ1v) is 7.94. The zero-order valence-corrected chi connectivity index (χ0v) is 17.0. The van der Waals surface area contributed by atoms with Crippen molar-refractivity contribution in [2.24, 2.45) is 0 Å². The minimum absolute atomic E-state index is 0. The number of ether oxygens (including phenoxy) is 3. The molecular formula is C12H21KO10S. The van der Waals surface area contributed by atoms with Gasteiger partial charge in [-0.25, -0.2) is 0 Å². The molecule has 0 aromatic heterocycles. The first-order valence-electron chi connectivity index (χ1n) is 7.11. The molecule has 0 aromatic carbocycles. The van der Waals surface area contributed by atoms with Gasteiger partial charge in [0, 0.05) is 0 Å². The van der Waals surface area contributed by atoms with Gasteiger partial charge < -0.3 is 49.4 Å². The number of aliphatic hydroxyl groups is 5. The molecule has 2 rings (SSSR count). The molecular weight excluding hydrogens is 375 g/mol. The van der Waals surface area contributed by atoms with Crippen LogP contribution in [-0.2, 0) is 14.2 Å².